The Hall–Kier alpha value is -2.24. The molecule has 0 bridgehead atoms. The summed E-state index contributed by atoms with van der Waals surface area (Å²) >= 11 is 0. The molecule has 0 aromatic heterocycles. The minimum absolute atomic E-state index is 0.112. The minimum Gasteiger partial charge on any atom is -0.388 e. The van der Waals surface area contributed by atoms with Gasteiger partial charge in [-0.2, -0.15) is 0 Å². The molecule has 1 aromatic carbocycles. The third kappa shape index (κ3) is 2.87. The van der Waals surface area contributed by atoms with E-state index in [1.54, 1.807) is 18.2 Å². The first-order valence-electron chi connectivity index (χ1n) is 3.99. The second-order valence-corrected chi connectivity index (χ2v) is 2.60. The van der Waals surface area contributed by atoms with Crippen LogP contribution in [-0.4, -0.2) is 17.2 Å². The number of carbonyl (C=O) groups is 2. The molecule has 15 heavy (non-hydrogen) atoms. The van der Waals surface area contributed by atoms with Crippen molar-refractivity contribution in [3.63, 3.8) is 0 Å². The summed E-state index contributed by atoms with van der Waals surface area (Å²) in [6.45, 7) is 0. The molecule has 0 amide bonds. The highest BCUT2D eigenvalue weighted by Crippen LogP contribution is 2.17. The first-order chi connectivity index (χ1) is 7.15. The maximum Gasteiger partial charge on any atom is 0.383 e. The zero-order valence-corrected chi connectivity index (χ0v) is 7.53. The van der Waals surface area contributed by atoms with Gasteiger partial charge in [-0.25, -0.2) is 4.79 Å². The Balaban J connectivity index is 2.89. The molecule has 0 saturated carbocycles. The van der Waals surface area contributed by atoms with Gasteiger partial charge in [-0.1, -0.05) is 18.2 Å². The molecule has 0 spiro atoms. The van der Waals surface area contributed by atoms with Crippen molar-refractivity contribution < 1.29 is 19.2 Å². The number of hydrogen-bond donors (Lipinski definition) is 0. The molecule has 0 N–H and O–H groups in total. The van der Waals surface area contributed by atoms with Crippen LogP contribution in [-0.2, 0) is 14.3 Å². The number of nitrogens with zero attached hydrogens (tertiary/aromatic N) is 1. The Morgan fingerprint density at radius 1 is 1.40 bits per heavy atom. The molecule has 0 radical (unpaired) electrons. The average molecular weight is 209 g/mol. The SMILES string of the molecule is O=CC(=O)OC(c1ccccc1)[N+](=O)[O-]. The quantitative estimate of drug-likeness (QED) is 0.182. The lowest BCUT2D eigenvalue weighted by Gasteiger charge is -2.07. The van der Waals surface area contributed by atoms with Crippen molar-refractivity contribution in [3.8, 4) is 0 Å². The Morgan fingerprint density at radius 2 is 2.00 bits per heavy atom. The van der Waals surface area contributed by atoms with Gasteiger partial charge in [-0.3, -0.25) is 14.9 Å². The second-order valence-electron chi connectivity index (χ2n) is 2.60. The highest BCUT2D eigenvalue weighted by molar-refractivity contribution is 6.20. The normalized spacial score (nSPS) is 11.5. The number of carbonyl (C=O) groups excluding carboxylic acids is 2. The van der Waals surface area contributed by atoms with Gasteiger partial charge in [-0.05, 0) is 12.1 Å². The lowest BCUT2D eigenvalue weighted by Crippen LogP contribution is -2.19. The van der Waals surface area contributed by atoms with Crippen LogP contribution in [0.4, 0.5) is 0 Å². The topological polar surface area (TPSA) is 86.5 Å². The first-order valence-corrected chi connectivity index (χ1v) is 3.99. The van der Waals surface area contributed by atoms with Crippen LogP contribution in [0.5, 0.6) is 0 Å². The van der Waals surface area contributed by atoms with Gasteiger partial charge in [0.15, 0.2) is 0 Å². The molecule has 0 aliphatic heterocycles. The minimum atomic E-state index is -1.64. The van der Waals surface area contributed by atoms with Crippen LogP contribution in [0.3, 0.4) is 0 Å². The van der Waals surface area contributed by atoms with Gasteiger partial charge < -0.3 is 4.74 Å². The number of nitro groups is 1. The highest BCUT2D eigenvalue weighted by atomic mass is 16.7. The standard InChI is InChI=1S/C9H7NO5/c11-6-8(12)15-9(10(13)14)7-4-2-1-3-5-7/h1-6,9H. The molecular weight excluding hydrogens is 202 g/mol. The van der Waals surface area contributed by atoms with E-state index in [0.29, 0.717) is 0 Å². The van der Waals surface area contributed by atoms with Gasteiger partial charge >= 0.3 is 12.2 Å². The third-order valence-corrected chi connectivity index (χ3v) is 1.60. The summed E-state index contributed by atoms with van der Waals surface area (Å²) in [6, 6.07) is 7.68. The van der Waals surface area contributed by atoms with E-state index in [2.05, 4.69) is 4.74 Å². The third-order valence-electron chi connectivity index (χ3n) is 1.60. The van der Waals surface area contributed by atoms with Gasteiger partial charge in [0.05, 0.1) is 10.5 Å². The number of esters is 1. The van der Waals surface area contributed by atoms with Crippen LogP contribution in [0.2, 0.25) is 0 Å². The monoisotopic (exact) mass is 209 g/mol. The van der Waals surface area contributed by atoms with Gasteiger partial charge in [0.1, 0.15) is 0 Å². The van der Waals surface area contributed by atoms with E-state index in [-0.39, 0.29) is 11.8 Å². The van der Waals surface area contributed by atoms with Crippen molar-refractivity contribution in [2.75, 3.05) is 0 Å². The molecule has 78 valence electrons. The van der Waals surface area contributed by atoms with E-state index in [9.17, 15) is 19.7 Å². The van der Waals surface area contributed by atoms with Crippen molar-refractivity contribution >= 4 is 12.3 Å². The summed E-state index contributed by atoms with van der Waals surface area (Å²) in [6.07, 6.45) is -1.75. The average Bonchev–Trinajstić information content (AvgIpc) is 2.26. The van der Waals surface area contributed by atoms with E-state index in [1.165, 1.54) is 12.1 Å². The fourth-order valence-electron chi connectivity index (χ4n) is 0.988. The zero-order valence-electron chi connectivity index (χ0n) is 7.53. The molecule has 6 nitrogen and oxygen atoms in total. The number of rotatable bonds is 4. The molecular formula is C9H7NO5. The number of ether oxygens (including phenoxy) is 1. The Morgan fingerprint density at radius 3 is 2.47 bits per heavy atom. The Labute approximate surface area is 84.6 Å². The summed E-state index contributed by atoms with van der Waals surface area (Å²) in [5, 5.41) is 10.6. The van der Waals surface area contributed by atoms with Gasteiger partial charge in [0.2, 0.25) is 6.29 Å². The molecule has 1 atom stereocenters. The van der Waals surface area contributed by atoms with Gasteiger partial charge in [0, 0.05) is 0 Å². The smallest absolute Gasteiger partial charge is 0.383 e. The Bertz CT molecular complexity index is 375. The lowest BCUT2D eigenvalue weighted by atomic mass is 10.2. The summed E-state index contributed by atoms with van der Waals surface area (Å²) in [7, 11) is 0. The van der Waals surface area contributed by atoms with Crippen LogP contribution in [0.15, 0.2) is 30.3 Å². The molecule has 0 heterocycles. The largest absolute Gasteiger partial charge is 0.388 e. The molecule has 6 heteroatoms. The molecule has 1 rings (SSSR count). The van der Waals surface area contributed by atoms with Crippen molar-refractivity contribution in [2.24, 2.45) is 0 Å². The maximum absolute atomic E-state index is 10.6. The summed E-state index contributed by atoms with van der Waals surface area (Å²) in [5.41, 5.74) is 0.206. The van der Waals surface area contributed by atoms with E-state index in [4.69, 9.17) is 0 Å². The van der Waals surface area contributed by atoms with Crippen LogP contribution in [0.1, 0.15) is 11.8 Å². The van der Waals surface area contributed by atoms with Gasteiger partial charge in [-0.15, -0.1) is 0 Å². The first kappa shape index (κ1) is 10.8. The summed E-state index contributed by atoms with van der Waals surface area (Å²) < 4.78 is 4.34. The molecule has 0 fully saturated rings. The maximum atomic E-state index is 10.6. The van der Waals surface area contributed by atoms with Crippen molar-refractivity contribution in [1.29, 1.82) is 0 Å². The van der Waals surface area contributed by atoms with E-state index in [1.807, 2.05) is 0 Å². The van der Waals surface area contributed by atoms with E-state index >= 15 is 0 Å². The number of benzene rings is 1. The summed E-state index contributed by atoms with van der Waals surface area (Å²) in [4.78, 5) is 30.4. The molecule has 1 unspecified atom stereocenters. The predicted molar refractivity (Wildman–Crippen MR) is 48.3 cm³/mol. The second kappa shape index (κ2) is 4.85. The molecule has 0 saturated heterocycles. The fraction of sp³-hybridized carbons (Fsp3) is 0.111. The fourth-order valence-corrected chi connectivity index (χ4v) is 0.988. The predicted octanol–water partition coefficient (Wildman–Crippen LogP) is 0.704. The van der Waals surface area contributed by atoms with Crippen LogP contribution >= 0.6 is 0 Å². The van der Waals surface area contributed by atoms with Crippen LogP contribution in [0, 0.1) is 10.1 Å². The number of hydrogen-bond acceptors (Lipinski definition) is 5. The van der Waals surface area contributed by atoms with Crippen LogP contribution in [0.25, 0.3) is 0 Å². The van der Waals surface area contributed by atoms with Crippen LogP contribution < -0.4 is 0 Å². The highest BCUT2D eigenvalue weighted by Gasteiger charge is 2.26. The van der Waals surface area contributed by atoms with E-state index in [0.717, 1.165) is 0 Å². The van der Waals surface area contributed by atoms with Gasteiger partial charge in [0.25, 0.3) is 0 Å². The zero-order chi connectivity index (χ0) is 11.3. The van der Waals surface area contributed by atoms with E-state index < -0.39 is 17.1 Å². The molecule has 0 aliphatic carbocycles. The van der Waals surface area contributed by atoms with Crippen molar-refractivity contribution in [3.05, 3.63) is 46.0 Å². The number of aldehydes is 1. The summed E-state index contributed by atoms with van der Waals surface area (Å²) in [5.74, 6) is -1.26. The molecule has 1 aromatic rings. The Kier molecular flexibility index (Phi) is 3.50. The lowest BCUT2D eigenvalue weighted by molar-refractivity contribution is -0.575. The van der Waals surface area contributed by atoms with Crippen molar-refractivity contribution in [2.45, 2.75) is 6.23 Å². The molecule has 0 aliphatic rings. The van der Waals surface area contributed by atoms with Crippen molar-refractivity contribution in [1.82, 2.24) is 0 Å².